The van der Waals surface area contributed by atoms with Crippen molar-refractivity contribution >= 4 is 21.6 Å². The minimum absolute atomic E-state index is 0.245. The molecule has 0 aliphatic carbocycles. The number of halogens is 2. The predicted octanol–water partition coefficient (Wildman–Crippen LogP) is 4.07. The Balaban J connectivity index is 2.04. The van der Waals surface area contributed by atoms with E-state index < -0.39 is 0 Å². The second kappa shape index (κ2) is 5.65. The van der Waals surface area contributed by atoms with Gasteiger partial charge < -0.3 is 5.32 Å². The fourth-order valence-corrected chi connectivity index (χ4v) is 1.86. The summed E-state index contributed by atoms with van der Waals surface area (Å²) in [6, 6.07) is 14.1. The van der Waals surface area contributed by atoms with Crippen molar-refractivity contribution in [1.82, 2.24) is 0 Å². The number of hydrogen-bond acceptors (Lipinski definition) is 2. The lowest BCUT2D eigenvalue weighted by Crippen LogP contribution is -2.01. The average molecular weight is 305 g/mol. The zero-order chi connectivity index (χ0) is 13.0. The molecule has 0 saturated carbocycles. The summed E-state index contributed by atoms with van der Waals surface area (Å²) in [5.41, 5.74) is 2.06. The molecule has 0 spiro atoms. The molecule has 0 aliphatic rings. The molecule has 1 N–H and O–H groups in total. The number of hydrogen-bond donors (Lipinski definition) is 1. The van der Waals surface area contributed by atoms with Gasteiger partial charge in [-0.05, 0) is 36.4 Å². The van der Waals surface area contributed by atoms with Gasteiger partial charge in [0.15, 0.2) is 0 Å². The lowest BCUT2D eigenvalue weighted by atomic mass is 10.2. The molecule has 2 rings (SSSR count). The van der Waals surface area contributed by atoms with E-state index in [2.05, 4.69) is 27.3 Å². The second-order valence-electron chi connectivity index (χ2n) is 3.78. The van der Waals surface area contributed by atoms with Crippen LogP contribution in [0.1, 0.15) is 11.1 Å². The lowest BCUT2D eigenvalue weighted by molar-refractivity contribution is 0.612. The minimum atomic E-state index is -0.245. The molecule has 2 nitrogen and oxygen atoms in total. The van der Waals surface area contributed by atoms with Gasteiger partial charge in [-0.3, -0.25) is 0 Å². The van der Waals surface area contributed by atoms with Gasteiger partial charge in [0.1, 0.15) is 5.82 Å². The standard InChI is InChI=1S/C14H10BrFN2/c15-12-4-3-11(14(16)7-12)9-18-13-5-1-10(8-17)2-6-13/h1-7,18H,9H2. The maximum atomic E-state index is 13.6. The Labute approximate surface area is 113 Å². The van der Waals surface area contributed by atoms with Gasteiger partial charge in [0, 0.05) is 22.3 Å². The molecular weight excluding hydrogens is 295 g/mol. The minimum Gasteiger partial charge on any atom is -0.381 e. The Kier molecular flexibility index (Phi) is 3.96. The molecule has 0 saturated heterocycles. The van der Waals surface area contributed by atoms with Crippen LogP contribution < -0.4 is 5.32 Å². The van der Waals surface area contributed by atoms with Gasteiger partial charge >= 0.3 is 0 Å². The summed E-state index contributed by atoms with van der Waals surface area (Å²) in [5, 5.41) is 11.8. The van der Waals surface area contributed by atoms with Crippen molar-refractivity contribution in [3.8, 4) is 6.07 Å². The van der Waals surface area contributed by atoms with E-state index in [4.69, 9.17) is 5.26 Å². The van der Waals surface area contributed by atoms with Crippen molar-refractivity contribution in [3.63, 3.8) is 0 Å². The number of nitrogens with zero attached hydrogens (tertiary/aromatic N) is 1. The van der Waals surface area contributed by atoms with E-state index in [0.717, 1.165) is 10.2 Å². The Morgan fingerprint density at radius 2 is 1.89 bits per heavy atom. The molecule has 0 amide bonds. The van der Waals surface area contributed by atoms with Crippen LogP contribution in [0.4, 0.5) is 10.1 Å². The first kappa shape index (κ1) is 12.6. The molecule has 0 fully saturated rings. The fourth-order valence-electron chi connectivity index (χ4n) is 1.52. The number of nitriles is 1. The Bertz CT molecular complexity index is 588. The van der Waals surface area contributed by atoms with Crippen LogP contribution >= 0.6 is 15.9 Å². The molecule has 0 aromatic heterocycles. The zero-order valence-corrected chi connectivity index (χ0v) is 11.0. The molecule has 4 heteroatoms. The van der Waals surface area contributed by atoms with Crippen molar-refractivity contribution < 1.29 is 4.39 Å². The van der Waals surface area contributed by atoms with E-state index in [1.165, 1.54) is 6.07 Å². The van der Waals surface area contributed by atoms with E-state index in [9.17, 15) is 4.39 Å². The molecule has 0 radical (unpaired) electrons. The van der Waals surface area contributed by atoms with E-state index in [1.807, 2.05) is 0 Å². The predicted molar refractivity (Wildman–Crippen MR) is 72.6 cm³/mol. The quantitative estimate of drug-likeness (QED) is 0.927. The number of rotatable bonds is 3. The van der Waals surface area contributed by atoms with Crippen molar-refractivity contribution in [2.24, 2.45) is 0 Å². The molecule has 2 aromatic rings. The van der Waals surface area contributed by atoms with Crippen molar-refractivity contribution in [3.05, 3.63) is 63.9 Å². The summed E-state index contributed by atoms with van der Waals surface area (Å²) >= 11 is 3.22. The first-order valence-electron chi connectivity index (χ1n) is 5.37. The largest absolute Gasteiger partial charge is 0.381 e. The van der Waals surface area contributed by atoms with Gasteiger partial charge in [-0.15, -0.1) is 0 Å². The van der Waals surface area contributed by atoms with E-state index in [1.54, 1.807) is 36.4 Å². The maximum absolute atomic E-state index is 13.6. The van der Waals surface area contributed by atoms with Gasteiger partial charge in [-0.25, -0.2) is 4.39 Å². The number of nitrogens with one attached hydrogen (secondary N) is 1. The molecule has 0 atom stereocenters. The van der Waals surface area contributed by atoms with Gasteiger partial charge in [0.2, 0.25) is 0 Å². The maximum Gasteiger partial charge on any atom is 0.129 e. The van der Waals surface area contributed by atoms with Crippen LogP contribution in [-0.4, -0.2) is 0 Å². The van der Waals surface area contributed by atoms with Crippen LogP contribution in [0.25, 0.3) is 0 Å². The Morgan fingerprint density at radius 3 is 2.50 bits per heavy atom. The third-order valence-electron chi connectivity index (χ3n) is 2.51. The van der Waals surface area contributed by atoms with Gasteiger partial charge in [0.05, 0.1) is 11.6 Å². The number of benzene rings is 2. The first-order chi connectivity index (χ1) is 8.69. The first-order valence-corrected chi connectivity index (χ1v) is 6.16. The highest BCUT2D eigenvalue weighted by Gasteiger charge is 2.02. The van der Waals surface area contributed by atoms with Crippen LogP contribution in [0.3, 0.4) is 0 Å². The SMILES string of the molecule is N#Cc1ccc(NCc2ccc(Br)cc2F)cc1. The molecule has 0 unspecified atom stereocenters. The van der Waals surface area contributed by atoms with Crippen molar-refractivity contribution in [2.75, 3.05) is 5.32 Å². The molecule has 2 aromatic carbocycles. The van der Waals surface area contributed by atoms with Gasteiger partial charge in [0.25, 0.3) is 0 Å². The molecule has 0 bridgehead atoms. The fraction of sp³-hybridized carbons (Fsp3) is 0.0714. The lowest BCUT2D eigenvalue weighted by Gasteiger charge is -2.07. The monoisotopic (exact) mass is 304 g/mol. The molecule has 0 aliphatic heterocycles. The van der Waals surface area contributed by atoms with Gasteiger partial charge in [-0.1, -0.05) is 22.0 Å². The van der Waals surface area contributed by atoms with Crippen molar-refractivity contribution in [1.29, 1.82) is 5.26 Å². The smallest absolute Gasteiger partial charge is 0.129 e. The van der Waals surface area contributed by atoms with Crippen LogP contribution in [0, 0.1) is 17.1 Å². The van der Waals surface area contributed by atoms with E-state index in [-0.39, 0.29) is 5.82 Å². The van der Waals surface area contributed by atoms with E-state index in [0.29, 0.717) is 17.7 Å². The van der Waals surface area contributed by atoms with Crippen molar-refractivity contribution in [2.45, 2.75) is 6.54 Å². The summed E-state index contributed by atoms with van der Waals surface area (Å²) in [7, 11) is 0. The molecule has 0 heterocycles. The highest BCUT2D eigenvalue weighted by Crippen LogP contribution is 2.17. The number of anilines is 1. The topological polar surface area (TPSA) is 35.8 Å². The van der Waals surface area contributed by atoms with Crippen LogP contribution in [0.5, 0.6) is 0 Å². The zero-order valence-electron chi connectivity index (χ0n) is 9.45. The van der Waals surface area contributed by atoms with E-state index >= 15 is 0 Å². The molecule has 18 heavy (non-hydrogen) atoms. The van der Waals surface area contributed by atoms with Gasteiger partial charge in [-0.2, -0.15) is 5.26 Å². The molecular formula is C14H10BrFN2. The summed E-state index contributed by atoms with van der Waals surface area (Å²) in [6.07, 6.45) is 0. The summed E-state index contributed by atoms with van der Waals surface area (Å²) in [5.74, 6) is -0.245. The molecule has 90 valence electrons. The Morgan fingerprint density at radius 1 is 1.17 bits per heavy atom. The van der Waals surface area contributed by atoms with Crippen LogP contribution in [0.2, 0.25) is 0 Å². The average Bonchev–Trinajstić information content (AvgIpc) is 2.38. The highest BCUT2D eigenvalue weighted by atomic mass is 79.9. The third kappa shape index (κ3) is 3.08. The summed E-state index contributed by atoms with van der Waals surface area (Å²) in [4.78, 5) is 0. The third-order valence-corrected chi connectivity index (χ3v) is 3.01. The van der Waals surface area contributed by atoms with Crippen LogP contribution in [-0.2, 0) is 6.54 Å². The van der Waals surface area contributed by atoms with Crippen LogP contribution in [0.15, 0.2) is 46.9 Å². The normalized spacial score (nSPS) is 9.83. The Hall–Kier alpha value is -1.86. The summed E-state index contributed by atoms with van der Waals surface area (Å²) < 4.78 is 14.3. The second-order valence-corrected chi connectivity index (χ2v) is 4.69. The summed E-state index contributed by atoms with van der Waals surface area (Å²) in [6.45, 7) is 0.408. The highest BCUT2D eigenvalue weighted by molar-refractivity contribution is 9.10.